The van der Waals surface area contributed by atoms with E-state index in [1.807, 2.05) is 4.90 Å². The molecule has 0 N–H and O–H groups in total. The minimum Gasteiger partial charge on any atom is -0.466 e. The van der Waals surface area contributed by atoms with Gasteiger partial charge in [-0.05, 0) is 50.5 Å². The third-order valence-corrected chi connectivity index (χ3v) is 6.78. The molecule has 1 aliphatic rings. The van der Waals surface area contributed by atoms with E-state index < -0.39 is 11.7 Å². The summed E-state index contributed by atoms with van der Waals surface area (Å²) in [4.78, 5) is 39.6. The van der Waals surface area contributed by atoms with Gasteiger partial charge < -0.3 is 9.64 Å². The number of hydrogen-bond acceptors (Lipinski definition) is 8. The van der Waals surface area contributed by atoms with Crippen LogP contribution in [-0.4, -0.2) is 46.4 Å². The molecule has 1 saturated heterocycles. The summed E-state index contributed by atoms with van der Waals surface area (Å²) >= 11 is 1.21. The molecule has 7 nitrogen and oxygen atoms in total. The molecule has 0 atom stereocenters. The van der Waals surface area contributed by atoms with Crippen LogP contribution in [0.3, 0.4) is 0 Å². The van der Waals surface area contributed by atoms with Gasteiger partial charge in [0.05, 0.1) is 42.6 Å². The topological polar surface area (TPSA) is 85.3 Å². The summed E-state index contributed by atoms with van der Waals surface area (Å²) in [5, 5.41) is 2.13. The van der Waals surface area contributed by atoms with Gasteiger partial charge in [0.15, 0.2) is 5.78 Å². The van der Waals surface area contributed by atoms with E-state index in [1.165, 1.54) is 23.7 Å². The second kappa shape index (κ2) is 10.7. The molecule has 190 valence electrons. The monoisotopic (exact) mass is 518 g/mol. The molecule has 2 aromatic heterocycles. The van der Waals surface area contributed by atoms with Gasteiger partial charge in [0, 0.05) is 24.0 Å². The van der Waals surface area contributed by atoms with Crippen molar-refractivity contribution in [2.24, 2.45) is 5.92 Å². The van der Waals surface area contributed by atoms with Crippen LogP contribution in [0.2, 0.25) is 0 Å². The minimum atomic E-state index is -4.45. The van der Waals surface area contributed by atoms with Crippen LogP contribution in [0.4, 0.5) is 19.0 Å². The molecule has 1 fully saturated rings. The molecule has 3 heterocycles. The number of halogens is 3. The summed E-state index contributed by atoms with van der Waals surface area (Å²) in [5.74, 6) is 0.0669. The Morgan fingerprint density at radius 2 is 1.89 bits per heavy atom. The van der Waals surface area contributed by atoms with Crippen LogP contribution in [0.15, 0.2) is 36.0 Å². The number of aryl methyl sites for hydroxylation is 1. The van der Waals surface area contributed by atoms with Crippen molar-refractivity contribution in [1.29, 1.82) is 0 Å². The summed E-state index contributed by atoms with van der Waals surface area (Å²) in [6, 6.07) is 3.79. The number of carbonyl (C=O) groups excluding carboxylic acids is 2. The highest BCUT2D eigenvalue weighted by Crippen LogP contribution is 2.34. The van der Waals surface area contributed by atoms with Crippen molar-refractivity contribution in [2.75, 3.05) is 24.6 Å². The number of aromatic nitrogens is 3. The maximum Gasteiger partial charge on any atom is 0.416 e. The van der Waals surface area contributed by atoms with E-state index in [4.69, 9.17) is 4.74 Å². The lowest BCUT2D eigenvalue weighted by molar-refractivity contribution is -0.148. The zero-order chi connectivity index (χ0) is 25.9. The molecule has 36 heavy (non-hydrogen) atoms. The van der Waals surface area contributed by atoms with E-state index in [1.54, 1.807) is 25.3 Å². The molecule has 0 bridgehead atoms. The average Bonchev–Trinajstić information content (AvgIpc) is 3.32. The SMILES string of the molecule is CCOC(=O)C1CCN(c2cnc(C(=O)Cc3nc(-c4cc(C)cc(C(F)(F)F)c4)cs3)cn2)CC1. The lowest BCUT2D eigenvalue weighted by Gasteiger charge is -2.31. The fraction of sp³-hybridized carbons (Fsp3) is 0.400. The van der Waals surface area contributed by atoms with Crippen LogP contribution in [-0.2, 0) is 22.1 Å². The number of ether oxygens (including phenoxy) is 1. The normalized spacial score (nSPS) is 14.6. The molecule has 1 aliphatic heterocycles. The second-order valence-corrected chi connectivity index (χ2v) is 9.53. The number of nitrogens with zero attached hydrogens (tertiary/aromatic N) is 4. The molecular weight excluding hydrogens is 493 g/mol. The van der Waals surface area contributed by atoms with Crippen molar-refractivity contribution in [1.82, 2.24) is 15.0 Å². The number of Topliss-reactive ketones (excluding diaryl/α,β-unsaturated/α-hetero) is 1. The molecule has 0 radical (unpaired) electrons. The lowest BCUT2D eigenvalue weighted by Crippen LogP contribution is -2.37. The van der Waals surface area contributed by atoms with Gasteiger partial charge >= 0.3 is 12.1 Å². The Balaban J connectivity index is 1.38. The first kappa shape index (κ1) is 25.7. The van der Waals surface area contributed by atoms with Gasteiger partial charge in [-0.25, -0.2) is 15.0 Å². The zero-order valence-electron chi connectivity index (χ0n) is 19.8. The van der Waals surface area contributed by atoms with Gasteiger partial charge in [0.25, 0.3) is 0 Å². The number of carbonyl (C=O) groups is 2. The Morgan fingerprint density at radius 3 is 2.53 bits per heavy atom. The fourth-order valence-corrected chi connectivity index (χ4v) is 4.88. The maximum absolute atomic E-state index is 13.2. The van der Waals surface area contributed by atoms with Crippen molar-refractivity contribution >= 4 is 28.9 Å². The Morgan fingerprint density at radius 1 is 1.14 bits per heavy atom. The van der Waals surface area contributed by atoms with Crippen LogP contribution >= 0.6 is 11.3 Å². The highest BCUT2D eigenvalue weighted by Gasteiger charge is 2.31. The van der Waals surface area contributed by atoms with E-state index in [-0.39, 0.29) is 29.8 Å². The molecule has 11 heteroatoms. The molecular formula is C25H25F3N4O3S. The number of benzene rings is 1. The van der Waals surface area contributed by atoms with E-state index in [0.29, 0.717) is 60.2 Å². The highest BCUT2D eigenvalue weighted by molar-refractivity contribution is 7.10. The number of rotatable bonds is 7. The number of ketones is 1. The first-order valence-corrected chi connectivity index (χ1v) is 12.4. The molecule has 0 aliphatic carbocycles. The average molecular weight is 519 g/mol. The third kappa shape index (κ3) is 6.07. The number of piperidine rings is 1. The number of alkyl halides is 3. The minimum absolute atomic E-state index is 0.0262. The standard InChI is InChI=1S/C25H25F3N4O3S/c1-3-35-24(34)16-4-6-32(7-5-16)22-13-29-19(12-30-22)21(33)11-23-31-20(14-36-23)17-8-15(2)9-18(10-17)25(26,27)28/h8-10,12-14,16H,3-7,11H2,1-2H3. The number of thiazole rings is 1. The van der Waals surface area contributed by atoms with Crippen LogP contribution in [0, 0.1) is 12.8 Å². The Bertz CT molecular complexity index is 1240. The fourth-order valence-electron chi connectivity index (χ4n) is 4.08. The Kier molecular flexibility index (Phi) is 7.67. The Hall–Kier alpha value is -3.34. The summed E-state index contributed by atoms with van der Waals surface area (Å²) in [5.41, 5.74) is 0.680. The van der Waals surface area contributed by atoms with E-state index in [2.05, 4.69) is 15.0 Å². The summed E-state index contributed by atoms with van der Waals surface area (Å²) in [6.45, 7) is 5.04. The van der Waals surface area contributed by atoms with E-state index in [0.717, 1.165) is 12.1 Å². The van der Waals surface area contributed by atoms with Gasteiger partial charge in [-0.3, -0.25) is 9.59 Å². The quantitative estimate of drug-likeness (QED) is 0.317. The lowest BCUT2D eigenvalue weighted by atomic mass is 9.97. The van der Waals surface area contributed by atoms with Crippen molar-refractivity contribution in [3.8, 4) is 11.3 Å². The largest absolute Gasteiger partial charge is 0.466 e. The maximum atomic E-state index is 13.2. The number of hydrogen-bond donors (Lipinski definition) is 0. The van der Waals surface area contributed by atoms with Crippen molar-refractivity contribution < 1.29 is 27.5 Å². The number of anilines is 1. The number of esters is 1. The summed E-state index contributed by atoms with van der Waals surface area (Å²) < 4.78 is 44.6. The predicted molar refractivity (Wildman–Crippen MR) is 129 cm³/mol. The van der Waals surface area contributed by atoms with Crippen LogP contribution in [0.5, 0.6) is 0 Å². The second-order valence-electron chi connectivity index (χ2n) is 8.59. The van der Waals surface area contributed by atoms with Gasteiger partial charge in [-0.1, -0.05) is 0 Å². The first-order valence-electron chi connectivity index (χ1n) is 11.5. The summed E-state index contributed by atoms with van der Waals surface area (Å²) in [6.07, 6.45) is -0.187. The Labute approximate surface area is 210 Å². The molecule has 4 rings (SSSR count). The van der Waals surface area contributed by atoms with E-state index >= 15 is 0 Å². The van der Waals surface area contributed by atoms with Crippen molar-refractivity contribution in [3.05, 3.63) is 57.8 Å². The molecule has 0 spiro atoms. The smallest absolute Gasteiger partial charge is 0.416 e. The molecule has 0 unspecified atom stereocenters. The molecule has 0 saturated carbocycles. The highest BCUT2D eigenvalue weighted by atomic mass is 32.1. The van der Waals surface area contributed by atoms with Gasteiger partial charge in [-0.2, -0.15) is 13.2 Å². The molecule has 3 aromatic rings. The van der Waals surface area contributed by atoms with Gasteiger partial charge in [0.1, 0.15) is 16.5 Å². The molecule has 1 aromatic carbocycles. The van der Waals surface area contributed by atoms with Gasteiger partial charge in [0.2, 0.25) is 0 Å². The van der Waals surface area contributed by atoms with Crippen LogP contribution in [0.1, 0.15) is 46.4 Å². The van der Waals surface area contributed by atoms with Crippen LogP contribution in [0.25, 0.3) is 11.3 Å². The first-order chi connectivity index (χ1) is 17.1. The van der Waals surface area contributed by atoms with Gasteiger partial charge in [-0.15, -0.1) is 11.3 Å². The third-order valence-electron chi connectivity index (χ3n) is 5.93. The molecule has 0 amide bonds. The zero-order valence-corrected chi connectivity index (χ0v) is 20.7. The van der Waals surface area contributed by atoms with Crippen molar-refractivity contribution in [3.63, 3.8) is 0 Å². The van der Waals surface area contributed by atoms with Crippen molar-refractivity contribution in [2.45, 2.75) is 39.3 Å². The summed E-state index contributed by atoms with van der Waals surface area (Å²) in [7, 11) is 0. The van der Waals surface area contributed by atoms with Crippen LogP contribution < -0.4 is 4.90 Å². The van der Waals surface area contributed by atoms with E-state index in [9.17, 15) is 22.8 Å². The predicted octanol–water partition coefficient (Wildman–Crippen LogP) is 5.13.